The number of ether oxygens (including phenoxy) is 1. The van der Waals surface area contributed by atoms with Gasteiger partial charge in [0.15, 0.2) is 5.71 Å². The van der Waals surface area contributed by atoms with Gasteiger partial charge in [-0.15, -0.1) is 0 Å². The predicted molar refractivity (Wildman–Crippen MR) is 139 cm³/mol. The van der Waals surface area contributed by atoms with Crippen molar-refractivity contribution < 1.29 is 18.8 Å². The molecule has 0 bridgehead atoms. The van der Waals surface area contributed by atoms with E-state index in [0.717, 1.165) is 22.1 Å². The molecule has 3 aromatic rings. The van der Waals surface area contributed by atoms with Crippen LogP contribution in [0.5, 0.6) is 5.75 Å². The standard InChI is InChI=1S/C16H23NO.C13H9FN2O2/c1-2-12-17(11-1)13-3-4-14-5-7-15(8-6-14)18-16-9-10-16;14-8-2-4-9-7(5-8)1-3-10-11(9)6-18-16-12(10)13(15)17/h5-8,16H,1-4,9-13H2;1-5H,6H2,(H2,15,17). The highest BCUT2D eigenvalue weighted by Crippen LogP contribution is 2.28. The molecule has 1 aliphatic carbocycles. The molecule has 6 rings (SSSR count). The maximum absolute atomic E-state index is 13.1. The van der Waals surface area contributed by atoms with Crippen molar-refractivity contribution in [2.75, 3.05) is 19.6 Å². The van der Waals surface area contributed by atoms with Crippen molar-refractivity contribution in [2.24, 2.45) is 10.9 Å². The minimum absolute atomic E-state index is 0.0995. The number of aryl methyl sites for hydroxylation is 1. The SMILES string of the molecule is NC(=O)C1=NOCc2c1ccc1cc(F)ccc21.c1cc(OC2CC2)ccc1CCCN1CCCC1. The highest BCUT2D eigenvalue weighted by Gasteiger charge is 2.23. The number of primary amides is 1. The molecule has 0 spiro atoms. The zero-order valence-corrected chi connectivity index (χ0v) is 20.4. The quantitative estimate of drug-likeness (QED) is 0.509. The van der Waals surface area contributed by atoms with Gasteiger partial charge in [0.2, 0.25) is 0 Å². The van der Waals surface area contributed by atoms with Gasteiger partial charge in [-0.05, 0) is 98.8 Å². The third-order valence-electron chi connectivity index (χ3n) is 6.84. The summed E-state index contributed by atoms with van der Waals surface area (Å²) in [5.74, 6) is 0.0983. The van der Waals surface area contributed by atoms with Crippen LogP contribution >= 0.6 is 0 Å². The van der Waals surface area contributed by atoms with Crippen molar-refractivity contribution in [3.05, 3.63) is 77.1 Å². The molecular formula is C29H32FN3O3. The van der Waals surface area contributed by atoms with Gasteiger partial charge in [-0.25, -0.2) is 4.39 Å². The lowest BCUT2D eigenvalue weighted by molar-refractivity contribution is -0.112. The molecule has 2 N–H and O–H groups in total. The van der Waals surface area contributed by atoms with Crippen LogP contribution in [0.2, 0.25) is 0 Å². The number of amides is 1. The summed E-state index contributed by atoms with van der Waals surface area (Å²) in [5, 5.41) is 5.25. The van der Waals surface area contributed by atoms with Crippen LogP contribution in [0.15, 0.2) is 59.8 Å². The van der Waals surface area contributed by atoms with Crippen molar-refractivity contribution in [1.29, 1.82) is 0 Å². The van der Waals surface area contributed by atoms with Crippen LogP contribution in [0.1, 0.15) is 48.8 Å². The summed E-state index contributed by atoms with van der Waals surface area (Å²) in [4.78, 5) is 18.8. The van der Waals surface area contributed by atoms with E-state index in [1.165, 1.54) is 75.9 Å². The number of likely N-dealkylation sites (tertiary alicyclic amines) is 1. The molecular weight excluding hydrogens is 457 g/mol. The lowest BCUT2D eigenvalue weighted by atomic mass is 9.95. The van der Waals surface area contributed by atoms with E-state index in [2.05, 4.69) is 34.3 Å². The lowest BCUT2D eigenvalue weighted by Crippen LogP contribution is -2.27. The number of rotatable bonds is 7. The van der Waals surface area contributed by atoms with Crippen molar-refractivity contribution >= 4 is 22.4 Å². The van der Waals surface area contributed by atoms with Gasteiger partial charge in [0, 0.05) is 11.1 Å². The minimum Gasteiger partial charge on any atom is -0.490 e. The zero-order valence-electron chi connectivity index (χ0n) is 20.4. The first-order valence-corrected chi connectivity index (χ1v) is 12.8. The molecule has 0 radical (unpaired) electrons. The minimum atomic E-state index is -0.641. The molecule has 188 valence electrons. The number of hydrogen-bond donors (Lipinski definition) is 1. The fraction of sp³-hybridized carbons (Fsp3) is 0.379. The van der Waals surface area contributed by atoms with Crippen LogP contribution in [-0.2, 0) is 22.7 Å². The van der Waals surface area contributed by atoms with E-state index in [1.807, 2.05) is 0 Å². The largest absolute Gasteiger partial charge is 0.490 e. The molecule has 3 aliphatic rings. The van der Waals surface area contributed by atoms with E-state index in [0.29, 0.717) is 11.7 Å². The maximum atomic E-state index is 13.1. The van der Waals surface area contributed by atoms with Crippen molar-refractivity contribution in [2.45, 2.75) is 51.2 Å². The topological polar surface area (TPSA) is 77.2 Å². The summed E-state index contributed by atoms with van der Waals surface area (Å²) in [6.45, 7) is 4.14. The molecule has 1 saturated heterocycles. The fourth-order valence-corrected chi connectivity index (χ4v) is 4.76. The Morgan fingerprint density at radius 1 is 1.08 bits per heavy atom. The Kier molecular flexibility index (Phi) is 7.47. The molecule has 7 heteroatoms. The van der Waals surface area contributed by atoms with E-state index >= 15 is 0 Å². The molecule has 0 unspecified atom stereocenters. The third kappa shape index (κ3) is 6.02. The van der Waals surface area contributed by atoms with Crippen LogP contribution in [0.3, 0.4) is 0 Å². The number of halogens is 1. The van der Waals surface area contributed by atoms with E-state index in [1.54, 1.807) is 18.2 Å². The van der Waals surface area contributed by atoms with Crippen molar-refractivity contribution in [3.8, 4) is 5.75 Å². The second kappa shape index (κ2) is 11.1. The van der Waals surface area contributed by atoms with E-state index in [9.17, 15) is 9.18 Å². The zero-order chi connectivity index (χ0) is 24.9. The van der Waals surface area contributed by atoms with Crippen LogP contribution in [-0.4, -0.2) is 42.3 Å². The molecule has 6 nitrogen and oxygen atoms in total. The Balaban J connectivity index is 0.000000148. The first-order valence-electron chi connectivity index (χ1n) is 12.8. The number of nitrogens with two attached hydrogens (primary N) is 1. The number of oxime groups is 1. The average molecular weight is 490 g/mol. The first kappa shape index (κ1) is 24.3. The number of hydrogen-bond acceptors (Lipinski definition) is 5. The molecule has 0 aromatic heterocycles. The molecule has 2 aliphatic heterocycles. The molecule has 1 amide bonds. The average Bonchev–Trinajstić information content (AvgIpc) is 3.55. The summed E-state index contributed by atoms with van der Waals surface area (Å²) >= 11 is 0. The molecule has 2 heterocycles. The van der Waals surface area contributed by atoms with Gasteiger partial charge in [0.05, 0.1) is 6.10 Å². The highest BCUT2D eigenvalue weighted by atomic mass is 19.1. The number of carbonyl (C=O) groups excluding carboxylic acids is 1. The Morgan fingerprint density at radius 2 is 1.86 bits per heavy atom. The van der Waals surface area contributed by atoms with Gasteiger partial charge >= 0.3 is 0 Å². The van der Waals surface area contributed by atoms with E-state index in [-0.39, 0.29) is 18.1 Å². The molecule has 3 aromatic carbocycles. The normalized spacial score (nSPS) is 17.0. The second-order valence-corrected chi connectivity index (χ2v) is 9.65. The van der Waals surface area contributed by atoms with Crippen LogP contribution < -0.4 is 10.5 Å². The lowest BCUT2D eigenvalue weighted by Gasteiger charge is -2.16. The van der Waals surface area contributed by atoms with Crippen LogP contribution in [0.4, 0.5) is 4.39 Å². The summed E-state index contributed by atoms with van der Waals surface area (Å²) in [5.41, 5.74) is 8.23. The van der Waals surface area contributed by atoms with Crippen molar-refractivity contribution in [1.82, 2.24) is 4.90 Å². The molecule has 2 fully saturated rings. The number of carbonyl (C=O) groups is 1. The van der Waals surface area contributed by atoms with E-state index in [4.69, 9.17) is 15.3 Å². The van der Waals surface area contributed by atoms with Gasteiger partial charge < -0.3 is 20.2 Å². The monoisotopic (exact) mass is 489 g/mol. The summed E-state index contributed by atoms with van der Waals surface area (Å²) in [6.07, 6.45) is 8.24. The van der Waals surface area contributed by atoms with Crippen molar-refractivity contribution in [3.63, 3.8) is 0 Å². The first-order chi connectivity index (χ1) is 17.6. The van der Waals surface area contributed by atoms with Gasteiger partial charge in [-0.1, -0.05) is 35.5 Å². The fourth-order valence-electron chi connectivity index (χ4n) is 4.76. The summed E-state index contributed by atoms with van der Waals surface area (Å²) in [6, 6.07) is 16.6. The smallest absolute Gasteiger partial charge is 0.271 e. The molecule has 1 saturated carbocycles. The van der Waals surface area contributed by atoms with Crippen LogP contribution in [0, 0.1) is 5.82 Å². The number of nitrogens with zero attached hydrogens (tertiary/aromatic N) is 2. The highest BCUT2D eigenvalue weighted by molar-refractivity contribution is 6.45. The summed E-state index contributed by atoms with van der Waals surface area (Å²) in [7, 11) is 0. The second-order valence-electron chi connectivity index (χ2n) is 9.65. The van der Waals surface area contributed by atoms with Crippen LogP contribution in [0.25, 0.3) is 10.8 Å². The Labute approximate surface area is 210 Å². The van der Waals surface area contributed by atoms with Gasteiger partial charge in [-0.2, -0.15) is 0 Å². The summed E-state index contributed by atoms with van der Waals surface area (Å²) < 4.78 is 18.9. The van der Waals surface area contributed by atoms with E-state index < -0.39 is 5.91 Å². The van der Waals surface area contributed by atoms with Gasteiger partial charge in [0.25, 0.3) is 5.91 Å². The number of fused-ring (bicyclic) bond motifs is 3. The van der Waals surface area contributed by atoms with Gasteiger partial charge in [-0.3, -0.25) is 4.79 Å². The third-order valence-corrected chi connectivity index (χ3v) is 6.84. The Morgan fingerprint density at radius 3 is 2.58 bits per heavy atom. The molecule has 0 atom stereocenters. The van der Waals surface area contributed by atoms with Gasteiger partial charge in [0.1, 0.15) is 18.2 Å². The predicted octanol–water partition coefficient (Wildman–Crippen LogP) is 4.95. The maximum Gasteiger partial charge on any atom is 0.271 e. The Bertz CT molecular complexity index is 1250. The molecule has 36 heavy (non-hydrogen) atoms. The Hall–Kier alpha value is -3.45. The number of benzene rings is 3.